The van der Waals surface area contributed by atoms with E-state index in [0.717, 1.165) is 22.7 Å². The summed E-state index contributed by atoms with van der Waals surface area (Å²) < 4.78 is 10.8. The molecule has 0 aliphatic carbocycles. The van der Waals surface area contributed by atoms with Gasteiger partial charge in [0.1, 0.15) is 12.4 Å². The van der Waals surface area contributed by atoms with Gasteiger partial charge in [-0.25, -0.2) is 0 Å². The van der Waals surface area contributed by atoms with Crippen LogP contribution in [0, 0.1) is 6.92 Å². The fourth-order valence-electron chi connectivity index (χ4n) is 1.73. The van der Waals surface area contributed by atoms with Gasteiger partial charge in [0.25, 0.3) is 0 Å². The van der Waals surface area contributed by atoms with Crippen LogP contribution in [-0.2, 0) is 18.0 Å². The van der Waals surface area contributed by atoms with Crippen molar-refractivity contribution >= 4 is 0 Å². The number of hydrogen-bond donors (Lipinski definition) is 0. The van der Waals surface area contributed by atoms with Crippen LogP contribution in [-0.4, -0.2) is 12.1 Å². The zero-order valence-electron chi connectivity index (χ0n) is 10.7. The highest BCUT2D eigenvalue weighted by molar-refractivity contribution is 5.28. The molecule has 1 aromatic heterocycles. The van der Waals surface area contributed by atoms with Gasteiger partial charge < -0.3 is 9.47 Å². The minimum absolute atomic E-state index is 0.484. The molecule has 0 amide bonds. The summed E-state index contributed by atoms with van der Waals surface area (Å²) >= 11 is 0. The van der Waals surface area contributed by atoms with Crippen LogP contribution in [0.5, 0.6) is 5.75 Å². The maximum Gasteiger partial charge on any atom is 0.130 e. The van der Waals surface area contributed by atoms with Gasteiger partial charge in [0.2, 0.25) is 0 Å². The van der Waals surface area contributed by atoms with E-state index in [9.17, 15) is 0 Å². The maximum absolute atomic E-state index is 5.72. The van der Waals surface area contributed by atoms with Crippen molar-refractivity contribution in [2.45, 2.75) is 20.1 Å². The fraction of sp³-hybridized carbons (Fsp3) is 0.267. The SMILES string of the molecule is COCc1cccc(OCc2cccc(C)n2)c1. The van der Waals surface area contributed by atoms with E-state index >= 15 is 0 Å². The first-order valence-electron chi connectivity index (χ1n) is 5.91. The van der Waals surface area contributed by atoms with E-state index < -0.39 is 0 Å². The summed E-state index contributed by atoms with van der Waals surface area (Å²) in [6.45, 7) is 3.06. The first kappa shape index (κ1) is 12.6. The van der Waals surface area contributed by atoms with Crippen LogP contribution in [0.15, 0.2) is 42.5 Å². The Morgan fingerprint density at radius 1 is 1.06 bits per heavy atom. The van der Waals surface area contributed by atoms with Gasteiger partial charge in [0.05, 0.1) is 12.3 Å². The molecule has 0 fully saturated rings. The molecule has 0 unspecified atom stereocenters. The number of pyridine rings is 1. The Bertz CT molecular complexity index is 511. The molecule has 3 heteroatoms. The van der Waals surface area contributed by atoms with Crippen LogP contribution in [0.25, 0.3) is 0 Å². The highest BCUT2D eigenvalue weighted by atomic mass is 16.5. The number of rotatable bonds is 5. The predicted octanol–water partition coefficient (Wildman–Crippen LogP) is 3.12. The maximum atomic E-state index is 5.72. The highest BCUT2D eigenvalue weighted by Crippen LogP contribution is 2.15. The molecule has 0 saturated carbocycles. The zero-order chi connectivity index (χ0) is 12.8. The first-order chi connectivity index (χ1) is 8.78. The summed E-state index contributed by atoms with van der Waals surface area (Å²) in [7, 11) is 1.68. The minimum Gasteiger partial charge on any atom is -0.487 e. The third kappa shape index (κ3) is 3.57. The standard InChI is InChI=1S/C15H17NO2/c1-12-5-3-7-14(16-12)11-18-15-8-4-6-13(9-15)10-17-2/h3-9H,10-11H2,1-2H3. The van der Waals surface area contributed by atoms with Crippen LogP contribution in [0.2, 0.25) is 0 Å². The topological polar surface area (TPSA) is 31.4 Å². The number of hydrogen-bond acceptors (Lipinski definition) is 3. The number of nitrogens with zero attached hydrogens (tertiary/aromatic N) is 1. The third-order valence-corrected chi connectivity index (χ3v) is 2.54. The number of ether oxygens (including phenoxy) is 2. The van der Waals surface area contributed by atoms with Crippen molar-refractivity contribution in [2.75, 3.05) is 7.11 Å². The van der Waals surface area contributed by atoms with Gasteiger partial charge in [-0.15, -0.1) is 0 Å². The Morgan fingerprint density at radius 2 is 1.89 bits per heavy atom. The third-order valence-electron chi connectivity index (χ3n) is 2.54. The van der Waals surface area contributed by atoms with Crippen LogP contribution in [0.4, 0.5) is 0 Å². The van der Waals surface area contributed by atoms with E-state index in [4.69, 9.17) is 9.47 Å². The van der Waals surface area contributed by atoms with Gasteiger partial charge in [-0.05, 0) is 36.8 Å². The molecule has 0 aliphatic heterocycles. The highest BCUT2D eigenvalue weighted by Gasteiger charge is 1.99. The predicted molar refractivity (Wildman–Crippen MR) is 70.5 cm³/mol. The molecule has 0 aliphatic rings. The molecule has 0 spiro atoms. The van der Waals surface area contributed by atoms with Crippen LogP contribution in [0.1, 0.15) is 17.0 Å². The lowest BCUT2D eigenvalue weighted by Gasteiger charge is -2.07. The molecule has 0 bridgehead atoms. The quantitative estimate of drug-likeness (QED) is 0.808. The zero-order valence-corrected chi connectivity index (χ0v) is 10.7. The molecular formula is C15H17NO2. The smallest absolute Gasteiger partial charge is 0.130 e. The average Bonchev–Trinajstić information content (AvgIpc) is 2.37. The van der Waals surface area contributed by atoms with E-state index in [-0.39, 0.29) is 0 Å². The minimum atomic E-state index is 0.484. The van der Waals surface area contributed by atoms with Gasteiger partial charge in [-0.1, -0.05) is 18.2 Å². The summed E-state index contributed by atoms with van der Waals surface area (Å²) in [5.74, 6) is 0.841. The molecule has 94 valence electrons. The molecule has 1 aromatic carbocycles. The van der Waals surface area contributed by atoms with Crippen molar-refractivity contribution in [3.05, 3.63) is 59.4 Å². The molecular weight excluding hydrogens is 226 g/mol. The molecule has 0 radical (unpaired) electrons. The molecule has 0 saturated heterocycles. The second-order valence-corrected chi connectivity index (χ2v) is 4.14. The number of methoxy groups -OCH3 is 1. The molecule has 1 heterocycles. The van der Waals surface area contributed by atoms with Gasteiger partial charge in [-0.2, -0.15) is 0 Å². The number of benzene rings is 1. The lowest BCUT2D eigenvalue weighted by Crippen LogP contribution is -1.99. The molecule has 2 aromatic rings. The Kier molecular flexibility index (Phi) is 4.31. The summed E-state index contributed by atoms with van der Waals surface area (Å²) in [5.41, 5.74) is 3.04. The van der Waals surface area contributed by atoms with Gasteiger partial charge in [-0.3, -0.25) is 4.98 Å². The first-order valence-corrected chi connectivity index (χ1v) is 5.91. The van der Waals surface area contributed by atoms with E-state index in [0.29, 0.717) is 13.2 Å². The van der Waals surface area contributed by atoms with Gasteiger partial charge in [0.15, 0.2) is 0 Å². The van der Waals surface area contributed by atoms with E-state index in [2.05, 4.69) is 4.98 Å². The largest absolute Gasteiger partial charge is 0.487 e. The molecule has 0 atom stereocenters. The van der Waals surface area contributed by atoms with Crippen molar-refractivity contribution < 1.29 is 9.47 Å². The summed E-state index contributed by atoms with van der Waals surface area (Å²) in [5, 5.41) is 0. The van der Waals surface area contributed by atoms with Gasteiger partial charge in [0, 0.05) is 12.8 Å². The van der Waals surface area contributed by atoms with Gasteiger partial charge >= 0.3 is 0 Å². The van der Waals surface area contributed by atoms with E-state index in [1.54, 1.807) is 7.11 Å². The van der Waals surface area contributed by atoms with Crippen molar-refractivity contribution in [1.82, 2.24) is 4.98 Å². The lowest BCUT2D eigenvalue weighted by molar-refractivity contribution is 0.184. The number of aryl methyl sites for hydroxylation is 1. The Labute approximate surface area is 107 Å². The fourth-order valence-corrected chi connectivity index (χ4v) is 1.73. The van der Waals surface area contributed by atoms with Crippen LogP contribution in [0.3, 0.4) is 0 Å². The van der Waals surface area contributed by atoms with E-state index in [1.807, 2.05) is 49.4 Å². The molecule has 18 heavy (non-hydrogen) atoms. The second kappa shape index (κ2) is 6.17. The average molecular weight is 243 g/mol. The normalized spacial score (nSPS) is 10.3. The van der Waals surface area contributed by atoms with Crippen molar-refractivity contribution in [3.63, 3.8) is 0 Å². The van der Waals surface area contributed by atoms with Crippen molar-refractivity contribution in [1.29, 1.82) is 0 Å². The Balaban J connectivity index is 1.99. The second-order valence-electron chi connectivity index (χ2n) is 4.14. The van der Waals surface area contributed by atoms with Crippen molar-refractivity contribution in [2.24, 2.45) is 0 Å². The number of aromatic nitrogens is 1. The van der Waals surface area contributed by atoms with Crippen molar-refractivity contribution in [3.8, 4) is 5.75 Å². The van der Waals surface area contributed by atoms with Crippen LogP contribution >= 0.6 is 0 Å². The molecule has 3 nitrogen and oxygen atoms in total. The Hall–Kier alpha value is -1.87. The Morgan fingerprint density at radius 3 is 2.67 bits per heavy atom. The summed E-state index contributed by atoms with van der Waals surface area (Å²) in [6.07, 6.45) is 0. The lowest BCUT2D eigenvalue weighted by atomic mass is 10.2. The van der Waals surface area contributed by atoms with Crippen LogP contribution < -0.4 is 4.74 Å². The monoisotopic (exact) mass is 243 g/mol. The molecule has 2 rings (SSSR count). The van der Waals surface area contributed by atoms with E-state index in [1.165, 1.54) is 0 Å². The summed E-state index contributed by atoms with van der Waals surface area (Å²) in [6, 6.07) is 13.8. The summed E-state index contributed by atoms with van der Waals surface area (Å²) in [4.78, 5) is 4.40. The molecule has 0 N–H and O–H groups in total.